The summed E-state index contributed by atoms with van der Waals surface area (Å²) in [6, 6.07) is 26.2. The Hall–Kier alpha value is -4.13. The van der Waals surface area contributed by atoms with Crippen molar-refractivity contribution in [3.63, 3.8) is 0 Å². The Balaban J connectivity index is 1.48. The van der Waals surface area contributed by atoms with Gasteiger partial charge in [0.15, 0.2) is 0 Å². The molecule has 0 aromatic heterocycles. The Labute approximate surface area is 191 Å². The maximum atomic E-state index is 13.7. The zero-order valence-electron chi connectivity index (χ0n) is 18.0. The van der Waals surface area contributed by atoms with Gasteiger partial charge >= 0.3 is 6.09 Å². The lowest BCUT2D eigenvalue weighted by Crippen LogP contribution is -2.52. The van der Waals surface area contributed by atoms with Crippen molar-refractivity contribution in [3.8, 4) is 5.75 Å². The van der Waals surface area contributed by atoms with E-state index in [1.165, 1.54) is 4.90 Å². The number of ether oxygens (including phenoxy) is 2. The minimum atomic E-state index is -1.09. The molecule has 7 nitrogen and oxygen atoms in total. The maximum Gasteiger partial charge on any atom is 0.417 e. The summed E-state index contributed by atoms with van der Waals surface area (Å²) in [4.78, 5) is 33.3. The number of carbonyl (C=O) groups excluding carboxylic acids is 2. The van der Waals surface area contributed by atoms with Crippen molar-refractivity contribution < 1.29 is 23.9 Å². The van der Waals surface area contributed by atoms with Gasteiger partial charge in [0.25, 0.3) is 5.91 Å². The molecule has 0 spiro atoms. The third-order valence-corrected chi connectivity index (χ3v) is 6.06. The molecule has 1 saturated heterocycles. The molecule has 1 unspecified atom stereocenters. The van der Waals surface area contributed by atoms with Crippen LogP contribution in [0.4, 0.5) is 4.79 Å². The first-order valence-electron chi connectivity index (χ1n) is 10.6. The molecule has 0 aliphatic carbocycles. The summed E-state index contributed by atoms with van der Waals surface area (Å²) >= 11 is 0. The summed E-state index contributed by atoms with van der Waals surface area (Å²) in [7, 11) is 1.60. The first-order valence-corrected chi connectivity index (χ1v) is 10.6. The van der Waals surface area contributed by atoms with Gasteiger partial charge < -0.3 is 14.3 Å². The SMILES string of the molecule is COc1ccc(C2=NOC(C(=O)N3C(=O)OCC3(c3ccccc3)c3ccccc3)C2)cc1. The Morgan fingerprint density at radius 3 is 2.15 bits per heavy atom. The zero-order valence-corrected chi connectivity index (χ0v) is 18.0. The van der Waals surface area contributed by atoms with Crippen LogP contribution in [-0.4, -0.2) is 42.4 Å². The van der Waals surface area contributed by atoms with Gasteiger partial charge in [-0.25, -0.2) is 9.69 Å². The molecule has 2 aliphatic rings. The third-order valence-electron chi connectivity index (χ3n) is 6.06. The molecule has 166 valence electrons. The Bertz CT molecular complexity index is 1150. The first kappa shape index (κ1) is 20.8. The van der Waals surface area contributed by atoms with Crippen molar-refractivity contribution in [1.29, 1.82) is 0 Å². The minimum absolute atomic E-state index is 0.0184. The van der Waals surface area contributed by atoms with Crippen molar-refractivity contribution in [2.24, 2.45) is 5.16 Å². The fourth-order valence-corrected chi connectivity index (χ4v) is 4.36. The van der Waals surface area contributed by atoms with Crippen LogP contribution in [0.5, 0.6) is 5.75 Å². The van der Waals surface area contributed by atoms with E-state index >= 15 is 0 Å². The number of imide groups is 1. The van der Waals surface area contributed by atoms with Gasteiger partial charge in [-0.2, -0.15) is 0 Å². The lowest BCUT2D eigenvalue weighted by molar-refractivity contribution is -0.141. The number of rotatable bonds is 5. The fourth-order valence-electron chi connectivity index (χ4n) is 4.36. The van der Waals surface area contributed by atoms with E-state index < -0.39 is 23.6 Å². The van der Waals surface area contributed by atoms with E-state index in [0.29, 0.717) is 5.71 Å². The van der Waals surface area contributed by atoms with E-state index in [-0.39, 0.29) is 13.0 Å². The highest BCUT2D eigenvalue weighted by atomic mass is 16.6. The Morgan fingerprint density at radius 1 is 0.970 bits per heavy atom. The molecule has 3 aromatic carbocycles. The molecule has 3 aromatic rings. The van der Waals surface area contributed by atoms with Crippen LogP contribution in [0, 0.1) is 0 Å². The molecule has 1 atom stereocenters. The molecule has 0 bridgehead atoms. The average molecular weight is 442 g/mol. The number of benzene rings is 3. The highest BCUT2D eigenvalue weighted by Crippen LogP contribution is 2.42. The summed E-state index contributed by atoms with van der Waals surface area (Å²) < 4.78 is 10.7. The van der Waals surface area contributed by atoms with Crippen LogP contribution in [0.25, 0.3) is 0 Å². The molecule has 0 radical (unpaired) electrons. The highest BCUT2D eigenvalue weighted by Gasteiger charge is 2.55. The van der Waals surface area contributed by atoms with Crippen LogP contribution in [-0.2, 0) is 19.9 Å². The number of methoxy groups -OCH3 is 1. The lowest BCUT2D eigenvalue weighted by Gasteiger charge is -2.35. The summed E-state index contributed by atoms with van der Waals surface area (Å²) in [6.07, 6.45) is -1.39. The monoisotopic (exact) mass is 442 g/mol. The average Bonchev–Trinajstić information content (AvgIpc) is 3.51. The number of hydrogen-bond acceptors (Lipinski definition) is 6. The summed E-state index contributed by atoms with van der Waals surface area (Å²) in [5, 5.41) is 4.13. The van der Waals surface area contributed by atoms with Gasteiger partial charge in [-0.15, -0.1) is 0 Å². The van der Waals surface area contributed by atoms with Gasteiger partial charge in [0.05, 0.1) is 12.8 Å². The summed E-state index contributed by atoms with van der Waals surface area (Å²) in [5.74, 6) is 0.235. The second-order valence-corrected chi connectivity index (χ2v) is 7.89. The Morgan fingerprint density at radius 2 is 1.58 bits per heavy atom. The topological polar surface area (TPSA) is 77.4 Å². The van der Waals surface area contributed by atoms with Gasteiger partial charge in [-0.05, 0) is 41.0 Å². The number of carbonyl (C=O) groups is 2. The number of nitrogens with zero attached hydrogens (tertiary/aromatic N) is 2. The van der Waals surface area contributed by atoms with Gasteiger partial charge in [-0.1, -0.05) is 65.8 Å². The molecular weight excluding hydrogens is 420 g/mol. The van der Waals surface area contributed by atoms with Crippen LogP contribution in [0.3, 0.4) is 0 Å². The normalized spacial score (nSPS) is 18.9. The van der Waals surface area contributed by atoms with Gasteiger partial charge in [0.1, 0.15) is 17.9 Å². The second-order valence-electron chi connectivity index (χ2n) is 7.89. The second kappa shape index (κ2) is 8.43. The van der Waals surface area contributed by atoms with E-state index in [0.717, 1.165) is 22.4 Å². The largest absolute Gasteiger partial charge is 0.497 e. The molecule has 1 fully saturated rings. The lowest BCUT2D eigenvalue weighted by atomic mass is 9.82. The van der Waals surface area contributed by atoms with Crippen molar-refractivity contribution in [1.82, 2.24) is 4.90 Å². The molecule has 5 rings (SSSR count). The van der Waals surface area contributed by atoms with Crippen molar-refractivity contribution in [2.45, 2.75) is 18.1 Å². The van der Waals surface area contributed by atoms with Crippen molar-refractivity contribution in [2.75, 3.05) is 13.7 Å². The van der Waals surface area contributed by atoms with Crippen LogP contribution >= 0.6 is 0 Å². The molecule has 7 heteroatoms. The summed E-state index contributed by atoms with van der Waals surface area (Å²) in [5.41, 5.74) is 1.93. The maximum absolute atomic E-state index is 13.7. The van der Waals surface area contributed by atoms with Gasteiger partial charge in [0, 0.05) is 6.42 Å². The molecule has 0 N–H and O–H groups in total. The smallest absolute Gasteiger partial charge is 0.417 e. The zero-order chi connectivity index (χ0) is 22.8. The minimum Gasteiger partial charge on any atom is -0.497 e. The first-order chi connectivity index (χ1) is 16.1. The fraction of sp³-hybridized carbons (Fsp3) is 0.192. The van der Waals surface area contributed by atoms with Gasteiger partial charge in [-0.3, -0.25) is 4.79 Å². The predicted octanol–water partition coefficient (Wildman–Crippen LogP) is 4.11. The molecule has 2 amide bonds. The molecule has 2 aliphatic heterocycles. The molecule has 2 heterocycles. The standard InChI is InChI=1S/C26H22N2O5/c1-31-21-14-12-18(13-15-21)22-16-23(33-27-22)24(29)28-25(30)32-17-26(28,19-8-4-2-5-9-19)20-10-6-3-7-11-20/h2-15,23H,16-17H2,1H3. The van der Waals surface area contributed by atoms with E-state index in [1.54, 1.807) is 7.11 Å². The van der Waals surface area contributed by atoms with Gasteiger partial charge in [0.2, 0.25) is 6.10 Å². The van der Waals surface area contributed by atoms with Crippen LogP contribution in [0.1, 0.15) is 23.1 Å². The molecule has 33 heavy (non-hydrogen) atoms. The third kappa shape index (κ3) is 3.51. The number of oxime groups is 1. The van der Waals surface area contributed by atoms with Crippen LogP contribution < -0.4 is 4.74 Å². The van der Waals surface area contributed by atoms with E-state index in [1.807, 2.05) is 84.9 Å². The van der Waals surface area contributed by atoms with E-state index in [4.69, 9.17) is 14.3 Å². The van der Waals surface area contributed by atoms with E-state index in [2.05, 4.69) is 5.16 Å². The predicted molar refractivity (Wildman–Crippen MR) is 121 cm³/mol. The summed E-state index contributed by atoms with van der Waals surface area (Å²) in [6.45, 7) is 0.0184. The number of cyclic esters (lactones) is 1. The molecular formula is C26H22N2O5. The van der Waals surface area contributed by atoms with Crippen LogP contribution in [0.2, 0.25) is 0 Å². The number of amides is 2. The van der Waals surface area contributed by atoms with Crippen molar-refractivity contribution >= 4 is 17.7 Å². The highest BCUT2D eigenvalue weighted by molar-refractivity contribution is 6.06. The van der Waals surface area contributed by atoms with Crippen molar-refractivity contribution in [3.05, 3.63) is 102 Å². The van der Waals surface area contributed by atoms with Crippen LogP contribution in [0.15, 0.2) is 90.1 Å². The molecule has 0 saturated carbocycles. The quantitative estimate of drug-likeness (QED) is 0.594. The van der Waals surface area contributed by atoms with E-state index in [9.17, 15) is 9.59 Å². The Kier molecular flexibility index (Phi) is 5.30. The number of hydrogen-bond donors (Lipinski definition) is 0.